The summed E-state index contributed by atoms with van der Waals surface area (Å²) in [7, 11) is 0. The number of hydrogen-bond donors (Lipinski definition) is 0. The van der Waals surface area contributed by atoms with Crippen molar-refractivity contribution in [2.75, 3.05) is 9.80 Å². The van der Waals surface area contributed by atoms with E-state index >= 15 is 0 Å². The number of rotatable bonds is 6. The fourth-order valence-electron chi connectivity index (χ4n) is 12.3. The molecule has 0 amide bonds. The summed E-state index contributed by atoms with van der Waals surface area (Å²) in [5.74, 6) is 0. The van der Waals surface area contributed by atoms with Gasteiger partial charge in [-0.1, -0.05) is 220 Å². The smallest absolute Gasteiger partial charge is 0.252 e. The van der Waals surface area contributed by atoms with E-state index in [0.717, 1.165) is 38.9 Å². The largest absolute Gasteiger partial charge is 0.311 e. The van der Waals surface area contributed by atoms with E-state index in [2.05, 4.69) is 86.6 Å². The van der Waals surface area contributed by atoms with Crippen molar-refractivity contribution in [3.63, 3.8) is 0 Å². The fraction of sp³-hybridized carbons (Fsp3) is 0.154. The molecular weight excluding hydrogens is 1000 g/mol. The van der Waals surface area contributed by atoms with Crippen molar-refractivity contribution in [3.05, 3.63) is 259 Å². The Kier molecular flexibility index (Phi) is 7.53. The molecule has 0 aliphatic carbocycles. The molecule has 402 valence electrons. The van der Waals surface area contributed by atoms with E-state index in [0.29, 0.717) is 28.2 Å². The van der Waals surface area contributed by atoms with Crippen LogP contribution in [0.4, 0.5) is 34.1 Å². The Hall–Kier alpha value is -9.32. The van der Waals surface area contributed by atoms with Gasteiger partial charge in [-0.05, 0) is 145 Å². The van der Waals surface area contributed by atoms with E-state index < -0.39 is 144 Å². The summed E-state index contributed by atoms with van der Waals surface area (Å²) in [5.41, 5.74) is 6.14. The minimum Gasteiger partial charge on any atom is -0.311 e. The van der Waals surface area contributed by atoms with Gasteiger partial charge in [0.2, 0.25) is 0 Å². The number of hydrogen-bond acceptors (Lipinski definition) is 2. The van der Waals surface area contributed by atoms with Crippen LogP contribution in [-0.2, 0) is 16.2 Å². The molecule has 15 rings (SSSR count). The van der Waals surface area contributed by atoms with Crippen LogP contribution in [0.15, 0.2) is 242 Å². The van der Waals surface area contributed by atoms with Crippen molar-refractivity contribution in [3.8, 4) is 33.6 Å². The molecule has 0 spiro atoms. The predicted molar refractivity (Wildman–Crippen MR) is 356 cm³/mol. The highest BCUT2D eigenvalue weighted by Crippen LogP contribution is 2.52. The van der Waals surface area contributed by atoms with Gasteiger partial charge in [0.15, 0.2) is 0 Å². The molecule has 0 saturated heterocycles. The van der Waals surface area contributed by atoms with E-state index in [4.69, 9.17) is 11.0 Å². The first kappa shape index (κ1) is 33.6. The molecule has 0 unspecified atom stereocenters. The highest BCUT2D eigenvalue weighted by atomic mass is 15.2. The number of anilines is 6. The molecule has 4 heterocycles. The maximum atomic E-state index is 11.0. The molecule has 0 radical (unpaired) electrons. The molecular formula is C78H67BN4. The second-order valence-corrected chi connectivity index (χ2v) is 24.7. The standard InChI is InChI=1S/C78H67BN4/c1-76(2,3)52-36-42-69(61(44-52)50-24-12-10-13-25-50)82-71-48-55(80-65-32-20-16-28-57(65)58-29-17-21-33-66(58)80)38-40-63(71)79-64-41-39-56(81-67-34-22-18-30-59(67)60-31-19-23-35-68(60)81)49-72(64)83(74-47-54(78(7,8)9)46-73(82)75(74)79)70-43-37-53(77(4,5)6)45-62(70)51-26-14-11-15-27-51/h10-49H,1-9H3/i16D,17D,18D,19D,20D,21D,22D,23D,28D,29D,30D,31D,32D,33D,34D,35D,38D,39D,40D,41D. The molecule has 2 aromatic heterocycles. The first-order valence-electron chi connectivity index (χ1n) is 37.9. The Morgan fingerprint density at radius 3 is 1.02 bits per heavy atom. The molecule has 2 aliphatic heterocycles. The van der Waals surface area contributed by atoms with Crippen LogP contribution in [0.5, 0.6) is 0 Å². The third-order valence-electron chi connectivity index (χ3n) is 16.5. The second-order valence-electron chi connectivity index (χ2n) is 24.7. The number of aromatic nitrogens is 2. The lowest BCUT2D eigenvalue weighted by molar-refractivity contribution is 0.590. The molecule has 2 aliphatic rings. The molecule has 13 aromatic rings. The number of nitrogens with zero attached hydrogens (tertiary/aromatic N) is 4. The van der Waals surface area contributed by atoms with Crippen molar-refractivity contribution in [1.29, 1.82) is 0 Å². The first-order chi connectivity index (χ1) is 48.4. The Bertz CT molecular complexity index is 5460. The quantitative estimate of drug-likeness (QED) is 0.154. The molecule has 4 nitrogen and oxygen atoms in total. The van der Waals surface area contributed by atoms with Crippen molar-refractivity contribution in [2.24, 2.45) is 0 Å². The average molecular weight is 1090 g/mol. The van der Waals surface area contributed by atoms with E-state index in [1.165, 1.54) is 9.13 Å². The van der Waals surface area contributed by atoms with Crippen molar-refractivity contribution in [1.82, 2.24) is 9.13 Å². The van der Waals surface area contributed by atoms with Crippen molar-refractivity contribution in [2.45, 2.75) is 78.6 Å². The Morgan fingerprint density at radius 1 is 0.325 bits per heavy atom. The number of fused-ring (bicyclic) bond motifs is 10. The summed E-state index contributed by atoms with van der Waals surface area (Å²) in [6.07, 6.45) is 0. The highest BCUT2D eigenvalue weighted by molar-refractivity contribution is 7.00. The topological polar surface area (TPSA) is 16.3 Å². The van der Waals surface area contributed by atoms with Gasteiger partial charge in [-0.25, -0.2) is 0 Å². The van der Waals surface area contributed by atoms with Crippen LogP contribution >= 0.6 is 0 Å². The lowest BCUT2D eigenvalue weighted by atomic mass is 9.33. The van der Waals surface area contributed by atoms with Gasteiger partial charge >= 0.3 is 0 Å². The molecule has 0 saturated carbocycles. The lowest BCUT2D eigenvalue weighted by Gasteiger charge is -2.46. The van der Waals surface area contributed by atoms with Gasteiger partial charge < -0.3 is 18.9 Å². The second kappa shape index (κ2) is 18.6. The summed E-state index contributed by atoms with van der Waals surface area (Å²) < 4.78 is 194. The minimum absolute atomic E-state index is 0.127. The van der Waals surface area contributed by atoms with Crippen LogP contribution in [0.25, 0.3) is 77.2 Å². The van der Waals surface area contributed by atoms with Crippen LogP contribution in [0.2, 0.25) is 0 Å². The molecule has 0 N–H and O–H groups in total. The van der Waals surface area contributed by atoms with Crippen molar-refractivity contribution < 1.29 is 27.4 Å². The maximum absolute atomic E-state index is 11.0. The molecule has 11 aromatic carbocycles. The highest BCUT2D eigenvalue weighted by Gasteiger charge is 2.45. The maximum Gasteiger partial charge on any atom is 0.252 e. The van der Waals surface area contributed by atoms with Crippen LogP contribution < -0.4 is 26.2 Å². The van der Waals surface area contributed by atoms with Gasteiger partial charge in [-0.2, -0.15) is 0 Å². The molecule has 0 fully saturated rings. The van der Waals surface area contributed by atoms with Crippen molar-refractivity contribution >= 4 is 101 Å². The SMILES string of the molecule is [2H]c1c(-n2c3c([2H])c([2H])c([2H])c([2H])c3c3c([2H])c([2H])c([2H])c([2H])c32)cc2c(c1[2H])B1c3c(cc(C(C)(C)C)cc3N(c3ccc(C(C)(C)C)cc3-c3ccccc3)c3cc(-n4c5c([2H])c([2H])c([2H])c([2H])c5c5c([2H])c([2H])c([2H])c([2H])c54)c([2H])c([2H])c31)N2c1ccc(C(C)(C)C)cc1-c1ccccc1. The van der Waals surface area contributed by atoms with E-state index in [9.17, 15) is 16.4 Å². The third-order valence-corrected chi connectivity index (χ3v) is 16.5. The minimum atomic E-state index is -1.30. The number of para-hydroxylation sites is 4. The van der Waals surface area contributed by atoms with Gasteiger partial charge in [0, 0.05) is 66.8 Å². The summed E-state index contributed by atoms with van der Waals surface area (Å²) in [5, 5.41) is -0.940. The molecule has 83 heavy (non-hydrogen) atoms. The Labute approximate surface area is 516 Å². The number of benzene rings is 11. The zero-order valence-electron chi connectivity index (χ0n) is 67.4. The third kappa shape index (κ3) is 8.03. The zero-order valence-corrected chi connectivity index (χ0v) is 47.4. The molecule has 0 bridgehead atoms. The fourth-order valence-corrected chi connectivity index (χ4v) is 12.3. The van der Waals surface area contributed by atoms with E-state index in [1.54, 1.807) is 12.1 Å². The van der Waals surface area contributed by atoms with Gasteiger partial charge in [0.1, 0.15) is 0 Å². The van der Waals surface area contributed by atoms with Crippen LogP contribution in [0.1, 0.15) is 106 Å². The predicted octanol–water partition coefficient (Wildman–Crippen LogP) is 19.2. The summed E-state index contributed by atoms with van der Waals surface area (Å²) in [6, 6.07) is 26.9. The normalized spacial score (nSPS) is 16.7. The molecule has 5 heteroatoms. The van der Waals surface area contributed by atoms with E-state index in [-0.39, 0.29) is 77.3 Å². The monoisotopic (exact) mass is 1090 g/mol. The summed E-state index contributed by atoms with van der Waals surface area (Å²) in [4.78, 5) is 4.02. The van der Waals surface area contributed by atoms with Crippen LogP contribution in [0, 0.1) is 0 Å². The first-order valence-corrected chi connectivity index (χ1v) is 27.9. The van der Waals surface area contributed by atoms with Crippen LogP contribution in [-0.4, -0.2) is 15.8 Å². The van der Waals surface area contributed by atoms with E-state index in [1.807, 2.05) is 94.7 Å². The lowest BCUT2D eigenvalue weighted by Crippen LogP contribution is -2.61. The summed E-state index contributed by atoms with van der Waals surface area (Å²) in [6.45, 7) is 17.6. The van der Waals surface area contributed by atoms with Gasteiger partial charge in [0.25, 0.3) is 6.71 Å². The molecule has 0 atom stereocenters. The Balaban J connectivity index is 1.19. The van der Waals surface area contributed by atoms with Gasteiger partial charge in [-0.3, -0.25) is 0 Å². The summed E-state index contributed by atoms with van der Waals surface area (Å²) >= 11 is 0. The Morgan fingerprint density at radius 2 is 0.675 bits per heavy atom. The average Bonchev–Trinajstić information content (AvgIpc) is 1.44. The van der Waals surface area contributed by atoms with Gasteiger partial charge in [0.05, 0.1) is 60.9 Å². The van der Waals surface area contributed by atoms with Crippen LogP contribution in [0.3, 0.4) is 0 Å². The van der Waals surface area contributed by atoms with Gasteiger partial charge in [-0.15, -0.1) is 0 Å². The zero-order chi connectivity index (χ0) is 74.1.